The van der Waals surface area contributed by atoms with E-state index in [4.69, 9.17) is 16.7 Å². The topological polar surface area (TPSA) is 37.3 Å². The molecular formula is C8H9ClO2S. The lowest BCUT2D eigenvalue weighted by Gasteiger charge is -1.92. The number of aliphatic carboxylic acids is 1. The lowest BCUT2D eigenvalue weighted by molar-refractivity contribution is -0.137. The van der Waals surface area contributed by atoms with E-state index in [1.807, 2.05) is 12.1 Å². The maximum atomic E-state index is 10.2. The van der Waals surface area contributed by atoms with Crippen LogP contribution in [0.2, 0.25) is 4.34 Å². The molecule has 0 amide bonds. The van der Waals surface area contributed by atoms with E-state index in [1.165, 1.54) is 11.3 Å². The van der Waals surface area contributed by atoms with Gasteiger partial charge in [-0.1, -0.05) is 11.6 Å². The second kappa shape index (κ2) is 4.48. The van der Waals surface area contributed by atoms with Gasteiger partial charge >= 0.3 is 5.97 Å². The van der Waals surface area contributed by atoms with Gasteiger partial charge in [-0.15, -0.1) is 11.3 Å². The van der Waals surface area contributed by atoms with E-state index in [1.54, 1.807) is 0 Å². The van der Waals surface area contributed by atoms with E-state index >= 15 is 0 Å². The Morgan fingerprint density at radius 2 is 2.33 bits per heavy atom. The quantitative estimate of drug-likeness (QED) is 0.819. The van der Waals surface area contributed by atoms with E-state index in [2.05, 4.69) is 0 Å². The summed E-state index contributed by atoms with van der Waals surface area (Å²) in [5, 5.41) is 8.37. The smallest absolute Gasteiger partial charge is 0.303 e. The summed E-state index contributed by atoms with van der Waals surface area (Å²) in [6.07, 6.45) is 1.73. The summed E-state index contributed by atoms with van der Waals surface area (Å²) in [4.78, 5) is 11.3. The third-order valence-corrected chi connectivity index (χ3v) is 2.73. The molecule has 1 rings (SSSR count). The number of hydrogen-bond donors (Lipinski definition) is 1. The summed E-state index contributed by atoms with van der Waals surface area (Å²) in [6, 6.07) is 3.77. The number of carboxylic acids is 1. The number of rotatable bonds is 4. The molecule has 4 heteroatoms. The van der Waals surface area contributed by atoms with Crippen LogP contribution in [-0.2, 0) is 11.2 Å². The molecule has 0 saturated carbocycles. The van der Waals surface area contributed by atoms with Gasteiger partial charge in [0.2, 0.25) is 0 Å². The summed E-state index contributed by atoms with van der Waals surface area (Å²) in [5.74, 6) is -0.738. The van der Waals surface area contributed by atoms with Crippen molar-refractivity contribution in [2.24, 2.45) is 0 Å². The van der Waals surface area contributed by atoms with Crippen LogP contribution in [0.4, 0.5) is 0 Å². The van der Waals surface area contributed by atoms with Gasteiger partial charge in [-0.25, -0.2) is 0 Å². The minimum Gasteiger partial charge on any atom is -0.481 e. The molecule has 0 saturated heterocycles. The number of halogens is 1. The zero-order valence-electron chi connectivity index (χ0n) is 6.42. The molecule has 1 N–H and O–H groups in total. The Kier molecular flexibility index (Phi) is 3.56. The maximum Gasteiger partial charge on any atom is 0.303 e. The highest BCUT2D eigenvalue weighted by atomic mass is 35.5. The first kappa shape index (κ1) is 9.55. The molecule has 1 aromatic heterocycles. The second-order valence-electron chi connectivity index (χ2n) is 2.45. The fraction of sp³-hybridized carbons (Fsp3) is 0.375. The zero-order valence-corrected chi connectivity index (χ0v) is 7.99. The zero-order chi connectivity index (χ0) is 8.97. The molecule has 0 unspecified atom stereocenters. The SMILES string of the molecule is O=C(O)CCCc1ccc(Cl)s1. The predicted octanol–water partition coefficient (Wildman–Crippen LogP) is 2.81. The summed E-state index contributed by atoms with van der Waals surface area (Å²) in [6.45, 7) is 0. The Hall–Kier alpha value is -0.540. The molecule has 0 aliphatic carbocycles. The first-order chi connectivity index (χ1) is 5.68. The molecule has 0 spiro atoms. The fourth-order valence-corrected chi connectivity index (χ4v) is 2.03. The third kappa shape index (κ3) is 3.24. The molecule has 0 aromatic carbocycles. The molecule has 1 heterocycles. The lowest BCUT2D eigenvalue weighted by atomic mass is 10.2. The van der Waals surface area contributed by atoms with Gasteiger partial charge in [0.05, 0.1) is 4.34 Å². The van der Waals surface area contributed by atoms with Crippen LogP contribution in [0.15, 0.2) is 12.1 Å². The van der Waals surface area contributed by atoms with Gasteiger partial charge < -0.3 is 5.11 Å². The molecule has 0 aliphatic rings. The van der Waals surface area contributed by atoms with Crippen molar-refractivity contribution < 1.29 is 9.90 Å². The van der Waals surface area contributed by atoms with Crippen molar-refractivity contribution in [1.29, 1.82) is 0 Å². The largest absolute Gasteiger partial charge is 0.481 e. The molecule has 0 radical (unpaired) electrons. The Labute approximate surface area is 79.8 Å². The monoisotopic (exact) mass is 204 g/mol. The average Bonchev–Trinajstić information content (AvgIpc) is 2.35. The molecule has 0 aliphatic heterocycles. The van der Waals surface area contributed by atoms with E-state index < -0.39 is 5.97 Å². The van der Waals surface area contributed by atoms with Gasteiger partial charge in [0, 0.05) is 11.3 Å². The molecule has 1 aromatic rings. The highest BCUT2D eigenvalue weighted by Crippen LogP contribution is 2.22. The summed E-state index contributed by atoms with van der Waals surface area (Å²) in [7, 11) is 0. The number of aryl methyl sites for hydroxylation is 1. The molecule has 66 valence electrons. The minimum absolute atomic E-state index is 0.232. The number of carboxylic acid groups (broad SMARTS) is 1. The van der Waals surface area contributed by atoms with Gasteiger partial charge in [0.15, 0.2) is 0 Å². The van der Waals surface area contributed by atoms with E-state index in [0.717, 1.165) is 15.6 Å². The number of carbonyl (C=O) groups is 1. The molecule has 0 atom stereocenters. The van der Waals surface area contributed by atoms with Crippen LogP contribution in [0, 0.1) is 0 Å². The average molecular weight is 205 g/mol. The molecule has 12 heavy (non-hydrogen) atoms. The third-order valence-electron chi connectivity index (χ3n) is 1.44. The van der Waals surface area contributed by atoms with Crippen LogP contribution in [0.5, 0.6) is 0 Å². The Balaban J connectivity index is 2.29. The van der Waals surface area contributed by atoms with Crippen molar-refractivity contribution in [3.63, 3.8) is 0 Å². The van der Waals surface area contributed by atoms with Gasteiger partial charge in [0.1, 0.15) is 0 Å². The van der Waals surface area contributed by atoms with Crippen molar-refractivity contribution >= 4 is 28.9 Å². The van der Waals surface area contributed by atoms with Crippen molar-refractivity contribution in [3.05, 3.63) is 21.3 Å². The molecule has 2 nitrogen and oxygen atoms in total. The fourth-order valence-electron chi connectivity index (χ4n) is 0.900. The van der Waals surface area contributed by atoms with Crippen molar-refractivity contribution in [3.8, 4) is 0 Å². The Morgan fingerprint density at radius 1 is 1.58 bits per heavy atom. The van der Waals surface area contributed by atoms with Crippen LogP contribution >= 0.6 is 22.9 Å². The van der Waals surface area contributed by atoms with Crippen molar-refractivity contribution in [2.45, 2.75) is 19.3 Å². The summed E-state index contributed by atoms with van der Waals surface area (Å²) in [5.41, 5.74) is 0. The molecule has 0 bridgehead atoms. The van der Waals surface area contributed by atoms with E-state index in [0.29, 0.717) is 6.42 Å². The van der Waals surface area contributed by atoms with E-state index in [-0.39, 0.29) is 6.42 Å². The predicted molar refractivity (Wildman–Crippen MR) is 49.9 cm³/mol. The van der Waals surface area contributed by atoms with Crippen LogP contribution < -0.4 is 0 Å². The Morgan fingerprint density at radius 3 is 2.83 bits per heavy atom. The van der Waals surface area contributed by atoms with Gasteiger partial charge in [-0.2, -0.15) is 0 Å². The standard InChI is InChI=1S/C8H9ClO2S/c9-7-5-4-6(12-7)2-1-3-8(10)11/h4-5H,1-3H2,(H,10,11). The van der Waals surface area contributed by atoms with Crippen LogP contribution in [0.3, 0.4) is 0 Å². The normalized spacial score (nSPS) is 10.1. The number of thiophene rings is 1. The van der Waals surface area contributed by atoms with Crippen LogP contribution in [-0.4, -0.2) is 11.1 Å². The minimum atomic E-state index is -0.738. The summed E-state index contributed by atoms with van der Waals surface area (Å²) >= 11 is 7.22. The second-order valence-corrected chi connectivity index (χ2v) is 4.25. The van der Waals surface area contributed by atoms with Crippen molar-refractivity contribution in [2.75, 3.05) is 0 Å². The van der Waals surface area contributed by atoms with Gasteiger partial charge in [-0.05, 0) is 25.0 Å². The van der Waals surface area contributed by atoms with Crippen molar-refractivity contribution in [1.82, 2.24) is 0 Å². The lowest BCUT2D eigenvalue weighted by Crippen LogP contribution is -1.94. The van der Waals surface area contributed by atoms with Gasteiger partial charge in [-0.3, -0.25) is 4.79 Å². The number of hydrogen-bond acceptors (Lipinski definition) is 2. The first-order valence-electron chi connectivity index (χ1n) is 3.64. The highest BCUT2D eigenvalue weighted by Gasteiger charge is 2.00. The van der Waals surface area contributed by atoms with E-state index in [9.17, 15) is 4.79 Å². The van der Waals surface area contributed by atoms with Gasteiger partial charge in [0.25, 0.3) is 0 Å². The molecule has 0 fully saturated rings. The highest BCUT2D eigenvalue weighted by molar-refractivity contribution is 7.16. The van der Waals surface area contributed by atoms with Crippen LogP contribution in [0.1, 0.15) is 17.7 Å². The van der Waals surface area contributed by atoms with Crippen LogP contribution in [0.25, 0.3) is 0 Å². The summed E-state index contributed by atoms with van der Waals surface area (Å²) < 4.78 is 0.764. The maximum absolute atomic E-state index is 10.2. The molecular weight excluding hydrogens is 196 g/mol. The Bertz CT molecular complexity index is 270. The first-order valence-corrected chi connectivity index (χ1v) is 4.84.